The Kier molecular flexibility index (Phi) is 5.23. The van der Waals surface area contributed by atoms with Crippen LogP contribution in [-0.2, 0) is 16.0 Å². The van der Waals surface area contributed by atoms with Crippen molar-refractivity contribution in [2.24, 2.45) is 11.8 Å². The van der Waals surface area contributed by atoms with Gasteiger partial charge in [-0.05, 0) is 31.2 Å². The standard InChI is InChI=1S/C20H26F2N2O2/c21-17-3-1-2-15(20(17)22)10-19(25)24-7-6-16-12-23(11-14-4-5-14)8-9-26-18(16)13-24/h1-3,14,16,18H,4-13H2/t16-,18-/m1/s1. The summed E-state index contributed by atoms with van der Waals surface area (Å²) in [6.45, 7) is 5.10. The van der Waals surface area contributed by atoms with E-state index in [9.17, 15) is 13.6 Å². The molecular formula is C20H26F2N2O2. The smallest absolute Gasteiger partial charge is 0.227 e. The molecule has 4 rings (SSSR count). The minimum absolute atomic E-state index is 0.0502. The van der Waals surface area contributed by atoms with E-state index < -0.39 is 11.6 Å². The molecule has 2 aliphatic heterocycles. The first-order chi connectivity index (χ1) is 12.6. The highest BCUT2D eigenvalue weighted by molar-refractivity contribution is 5.79. The molecule has 26 heavy (non-hydrogen) atoms. The third-order valence-electron chi connectivity index (χ3n) is 5.87. The van der Waals surface area contributed by atoms with Gasteiger partial charge in [-0.1, -0.05) is 12.1 Å². The quantitative estimate of drug-likeness (QED) is 0.823. The first-order valence-corrected chi connectivity index (χ1v) is 9.65. The minimum atomic E-state index is -0.919. The summed E-state index contributed by atoms with van der Waals surface area (Å²) in [5.41, 5.74) is 0.120. The van der Waals surface area contributed by atoms with Crippen LogP contribution in [-0.4, -0.2) is 61.1 Å². The van der Waals surface area contributed by atoms with Crippen LogP contribution in [0.1, 0.15) is 24.8 Å². The van der Waals surface area contributed by atoms with Crippen LogP contribution in [0.5, 0.6) is 0 Å². The fourth-order valence-corrected chi connectivity index (χ4v) is 4.14. The Bertz CT molecular complexity index is 665. The second kappa shape index (κ2) is 7.61. The van der Waals surface area contributed by atoms with E-state index in [4.69, 9.17) is 4.74 Å². The number of carbonyl (C=O) groups excluding carboxylic acids is 1. The summed E-state index contributed by atoms with van der Waals surface area (Å²) in [7, 11) is 0. The summed E-state index contributed by atoms with van der Waals surface area (Å²) in [4.78, 5) is 16.8. The average molecular weight is 364 g/mol. The molecular weight excluding hydrogens is 338 g/mol. The number of hydrogen-bond donors (Lipinski definition) is 0. The zero-order chi connectivity index (χ0) is 18.1. The number of benzene rings is 1. The minimum Gasteiger partial charge on any atom is -0.375 e. The van der Waals surface area contributed by atoms with Gasteiger partial charge in [-0.15, -0.1) is 0 Å². The van der Waals surface area contributed by atoms with E-state index in [0.29, 0.717) is 25.6 Å². The van der Waals surface area contributed by atoms with Crippen molar-refractivity contribution < 1.29 is 18.3 Å². The van der Waals surface area contributed by atoms with Crippen LogP contribution >= 0.6 is 0 Å². The summed E-state index contributed by atoms with van der Waals surface area (Å²) < 4.78 is 33.2. The molecule has 2 saturated heterocycles. The molecule has 0 unspecified atom stereocenters. The van der Waals surface area contributed by atoms with Crippen LogP contribution in [0.15, 0.2) is 18.2 Å². The van der Waals surface area contributed by atoms with Gasteiger partial charge in [-0.3, -0.25) is 4.79 Å². The molecule has 3 aliphatic rings. The van der Waals surface area contributed by atoms with Crippen LogP contribution in [0.4, 0.5) is 8.78 Å². The number of rotatable bonds is 4. The molecule has 3 fully saturated rings. The van der Waals surface area contributed by atoms with Gasteiger partial charge in [0, 0.05) is 44.2 Å². The third-order valence-corrected chi connectivity index (χ3v) is 5.87. The van der Waals surface area contributed by atoms with Crippen LogP contribution in [0, 0.1) is 23.5 Å². The summed E-state index contributed by atoms with van der Waals surface area (Å²) in [6.07, 6.45) is 3.56. The van der Waals surface area contributed by atoms with Gasteiger partial charge >= 0.3 is 0 Å². The second-order valence-electron chi connectivity index (χ2n) is 7.89. The molecule has 1 saturated carbocycles. The van der Waals surface area contributed by atoms with Gasteiger partial charge in [0.1, 0.15) is 0 Å². The van der Waals surface area contributed by atoms with Crippen LogP contribution in [0.3, 0.4) is 0 Å². The van der Waals surface area contributed by atoms with Crippen LogP contribution in [0.25, 0.3) is 0 Å². The highest BCUT2D eigenvalue weighted by atomic mass is 19.2. The lowest BCUT2D eigenvalue weighted by molar-refractivity contribution is -0.136. The Hall–Kier alpha value is -1.53. The zero-order valence-corrected chi connectivity index (χ0v) is 15.0. The molecule has 1 aliphatic carbocycles. The van der Waals surface area contributed by atoms with Gasteiger partial charge in [0.05, 0.1) is 19.1 Å². The maximum atomic E-state index is 13.8. The largest absolute Gasteiger partial charge is 0.375 e. The number of halogens is 2. The first-order valence-electron chi connectivity index (χ1n) is 9.65. The summed E-state index contributed by atoms with van der Waals surface area (Å²) in [5, 5.41) is 0. The second-order valence-corrected chi connectivity index (χ2v) is 7.89. The molecule has 0 radical (unpaired) electrons. The molecule has 1 aromatic carbocycles. The normalized spacial score (nSPS) is 27.1. The summed E-state index contributed by atoms with van der Waals surface area (Å²) in [5.74, 6) is -0.662. The molecule has 0 bridgehead atoms. The van der Waals surface area contributed by atoms with Crippen molar-refractivity contribution >= 4 is 5.91 Å². The topological polar surface area (TPSA) is 32.8 Å². The lowest BCUT2D eigenvalue weighted by atomic mass is 9.92. The fourth-order valence-electron chi connectivity index (χ4n) is 4.14. The van der Waals surface area contributed by atoms with E-state index in [1.54, 1.807) is 4.90 Å². The van der Waals surface area contributed by atoms with E-state index in [-0.39, 0.29) is 24.0 Å². The van der Waals surface area contributed by atoms with Gasteiger partial charge in [0.2, 0.25) is 5.91 Å². The molecule has 0 aromatic heterocycles. The Morgan fingerprint density at radius 1 is 1.15 bits per heavy atom. The van der Waals surface area contributed by atoms with Crippen molar-refractivity contribution in [3.8, 4) is 0 Å². The number of likely N-dealkylation sites (tertiary alicyclic amines) is 1. The molecule has 1 amide bonds. The lowest BCUT2D eigenvalue weighted by Crippen LogP contribution is -2.49. The highest BCUT2D eigenvalue weighted by Gasteiger charge is 2.36. The molecule has 0 spiro atoms. The molecule has 142 valence electrons. The maximum Gasteiger partial charge on any atom is 0.227 e. The number of fused-ring (bicyclic) bond motifs is 1. The highest BCUT2D eigenvalue weighted by Crippen LogP contribution is 2.32. The molecule has 1 aromatic rings. The average Bonchev–Trinajstić information content (AvgIpc) is 3.45. The van der Waals surface area contributed by atoms with Crippen molar-refractivity contribution in [1.82, 2.24) is 9.80 Å². The molecule has 0 N–H and O–H groups in total. The molecule has 2 heterocycles. The van der Waals surface area contributed by atoms with Gasteiger partial charge in [0.15, 0.2) is 11.6 Å². The fraction of sp³-hybridized carbons (Fsp3) is 0.650. The van der Waals surface area contributed by atoms with E-state index in [1.807, 2.05) is 0 Å². The van der Waals surface area contributed by atoms with Crippen molar-refractivity contribution in [3.05, 3.63) is 35.4 Å². The van der Waals surface area contributed by atoms with Crippen molar-refractivity contribution in [2.45, 2.75) is 31.8 Å². The Labute approximate surface area is 153 Å². The SMILES string of the molecule is O=C(Cc1cccc(F)c1F)N1CC[C@@H]2CN(CC3CC3)CCO[C@@H]2C1. The number of nitrogens with zero attached hydrogens (tertiary/aromatic N) is 2. The Balaban J connectivity index is 1.35. The number of ether oxygens (including phenoxy) is 1. The summed E-state index contributed by atoms with van der Waals surface area (Å²) in [6, 6.07) is 3.98. The van der Waals surface area contributed by atoms with Gasteiger partial charge in [0.25, 0.3) is 0 Å². The van der Waals surface area contributed by atoms with Crippen LogP contribution in [0.2, 0.25) is 0 Å². The van der Waals surface area contributed by atoms with E-state index in [2.05, 4.69) is 4.90 Å². The summed E-state index contributed by atoms with van der Waals surface area (Å²) >= 11 is 0. The monoisotopic (exact) mass is 364 g/mol. The predicted molar refractivity (Wildman–Crippen MR) is 93.7 cm³/mol. The van der Waals surface area contributed by atoms with E-state index in [0.717, 1.165) is 31.5 Å². The van der Waals surface area contributed by atoms with Crippen molar-refractivity contribution in [2.75, 3.05) is 39.3 Å². The first kappa shape index (κ1) is 17.9. The van der Waals surface area contributed by atoms with Crippen molar-refractivity contribution in [1.29, 1.82) is 0 Å². The number of carbonyl (C=O) groups is 1. The lowest BCUT2D eigenvalue weighted by Gasteiger charge is -2.38. The Morgan fingerprint density at radius 2 is 2.00 bits per heavy atom. The number of hydrogen-bond acceptors (Lipinski definition) is 3. The van der Waals surface area contributed by atoms with Crippen molar-refractivity contribution in [3.63, 3.8) is 0 Å². The zero-order valence-electron chi connectivity index (χ0n) is 15.0. The Morgan fingerprint density at radius 3 is 2.81 bits per heavy atom. The number of amides is 1. The van der Waals surface area contributed by atoms with Gasteiger partial charge in [-0.25, -0.2) is 8.78 Å². The van der Waals surface area contributed by atoms with Gasteiger partial charge in [-0.2, -0.15) is 0 Å². The maximum absolute atomic E-state index is 13.8. The van der Waals surface area contributed by atoms with Crippen LogP contribution < -0.4 is 0 Å². The number of piperidine rings is 1. The third kappa shape index (κ3) is 4.07. The van der Waals surface area contributed by atoms with E-state index in [1.165, 1.54) is 31.5 Å². The predicted octanol–water partition coefficient (Wildman–Crippen LogP) is 2.47. The molecule has 4 nitrogen and oxygen atoms in total. The molecule has 6 heteroatoms. The van der Waals surface area contributed by atoms with E-state index >= 15 is 0 Å². The van der Waals surface area contributed by atoms with Gasteiger partial charge < -0.3 is 14.5 Å². The molecule has 2 atom stereocenters.